The third-order valence-electron chi connectivity index (χ3n) is 9.58. The Kier molecular flexibility index (Phi) is 6.09. The molecule has 0 fully saturated rings. The fourth-order valence-electron chi connectivity index (χ4n) is 7.54. The Labute approximate surface area is 272 Å². The van der Waals surface area contributed by atoms with Crippen molar-refractivity contribution in [1.29, 1.82) is 5.26 Å². The molecule has 1 atom stereocenters. The molecule has 47 heavy (non-hydrogen) atoms. The van der Waals surface area contributed by atoms with Crippen molar-refractivity contribution in [3.63, 3.8) is 0 Å². The SMILES string of the molecule is CCc1nc2cccc3c2n1-c1ccc(-c2c4ccccc4c(-c4ccc(C#N)cc4)c4ccccc24)cc1P3(=O)c1ccccc1. The molecule has 1 aliphatic rings. The van der Waals surface area contributed by atoms with E-state index >= 15 is 4.57 Å². The third kappa shape index (κ3) is 3.88. The zero-order valence-electron chi connectivity index (χ0n) is 25.7. The summed E-state index contributed by atoms with van der Waals surface area (Å²) in [4.78, 5) is 5.00. The minimum absolute atomic E-state index is 0.638. The molecule has 0 N–H and O–H groups in total. The molecular weight excluding hydrogens is 593 g/mol. The zero-order valence-corrected chi connectivity index (χ0v) is 26.6. The van der Waals surface area contributed by atoms with Gasteiger partial charge in [-0.05, 0) is 80.2 Å². The van der Waals surface area contributed by atoms with E-state index in [4.69, 9.17) is 4.98 Å². The normalized spacial score (nSPS) is 15.1. The fraction of sp³-hybridized carbons (Fsp3) is 0.0476. The Morgan fingerprint density at radius 1 is 0.660 bits per heavy atom. The van der Waals surface area contributed by atoms with Crippen molar-refractivity contribution in [1.82, 2.24) is 9.55 Å². The summed E-state index contributed by atoms with van der Waals surface area (Å²) in [7, 11) is -3.28. The number of para-hydroxylation sites is 1. The summed E-state index contributed by atoms with van der Waals surface area (Å²) in [5.74, 6) is 0.962. The second kappa shape index (κ2) is 10.4. The van der Waals surface area contributed by atoms with Gasteiger partial charge in [0, 0.05) is 22.3 Å². The van der Waals surface area contributed by atoms with Crippen molar-refractivity contribution in [3.8, 4) is 34.0 Å². The summed E-state index contributed by atoms with van der Waals surface area (Å²) < 4.78 is 18.1. The Balaban J connectivity index is 1.39. The molecule has 1 aliphatic heterocycles. The molecule has 1 aromatic heterocycles. The van der Waals surface area contributed by atoms with Crippen LogP contribution in [0.25, 0.3) is 60.5 Å². The molecular formula is C42H28N3OP. The molecule has 4 nitrogen and oxygen atoms in total. The van der Waals surface area contributed by atoms with Crippen LogP contribution in [0, 0.1) is 11.3 Å². The van der Waals surface area contributed by atoms with E-state index in [1.165, 1.54) is 0 Å². The summed E-state index contributed by atoms with van der Waals surface area (Å²) in [6.45, 7) is 2.12. The van der Waals surface area contributed by atoms with E-state index in [0.717, 1.165) is 88.7 Å². The van der Waals surface area contributed by atoms with Gasteiger partial charge in [0.2, 0.25) is 0 Å². The minimum Gasteiger partial charge on any atom is -0.308 e. The molecule has 0 saturated carbocycles. The highest BCUT2D eigenvalue weighted by Crippen LogP contribution is 2.51. The molecule has 9 rings (SSSR count). The Morgan fingerprint density at radius 2 is 1.26 bits per heavy atom. The van der Waals surface area contributed by atoms with Gasteiger partial charge in [-0.3, -0.25) is 4.57 Å². The minimum atomic E-state index is -3.28. The van der Waals surface area contributed by atoms with Gasteiger partial charge in [0.25, 0.3) is 0 Å². The number of aryl methyl sites for hydroxylation is 1. The van der Waals surface area contributed by atoms with Gasteiger partial charge < -0.3 is 4.57 Å². The summed E-state index contributed by atoms with van der Waals surface area (Å²) in [5.41, 5.74) is 7.73. The van der Waals surface area contributed by atoms with Crippen LogP contribution in [0.3, 0.4) is 0 Å². The molecule has 1 unspecified atom stereocenters. The summed E-state index contributed by atoms with van der Waals surface area (Å²) in [6.07, 6.45) is 0.761. The van der Waals surface area contributed by atoms with E-state index < -0.39 is 7.14 Å². The van der Waals surface area contributed by atoms with E-state index in [0.29, 0.717) is 5.56 Å². The maximum Gasteiger partial charge on any atom is 0.175 e. The molecule has 5 heteroatoms. The van der Waals surface area contributed by atoms with Gasteiger partial charge in [0.05, 0.1) is 28.4 Å². The van der Waals surface area contributed by atoms with Crippen LogP contribution < -0.4 is 15.9 Å². The monoisotopic (exact) mass is 621 g/mol. The van der Waals surface area contributed by atoms with Crippen molar-refractivity contribution in [2.24, 2.45) is 0 Å². The first-order chi connectivity index (χ1) is 23.1. The van der Waals surface area contributed by atoms with Gasteiger partial charge in [-0.2, -0.15) is 5.26 Å². The lowest BCUT2D eigenvalue weighted by Crippen LogP contribution is -2.33. The number of nitrogens with zero attached hydrogens (tertiary/aromatic N) is 3. The molecule has 8 aromatic rings. The van der Waals surface area contributed by atoms with Gasteiger partial charge >= 0.3 is 0 Å². The highest BCUT2D eigenvalue weighted by molar-refractivity contribution is 7.86. The summed E-state index contributed by atoms with van der Waals surface area (Å²) in [5, 5.41) is 16.4. The summed E-state index contributed by atoms with van der Waals surface area (Å²) >= 11 is 0. The predicted octanol–water partition coefficient (Wildman–Crippen LogP) is 9.05. The quantitative estimate of drug-likeness (QED) is 0.146. The number of hydrogen-bond acceptors (Lipinski definition) is 3. The second-order valence-electron chi connectivity index (χ2n) is 12.0. The van der Waals surface area contributed by atoms with Crippen LogP contribution in [0.15, 0.2) is 140 Å². The third-order valence-corrected chi connectivity index (χ3v) is 12.7. The van der Waals surface area contributed by atoms with E-state index in [1.807, 2.05) is 72.8 Å². The van der Waals surface area contributed by atoms with Crippen LogP contribution >= 0.6 is 7.14 Å². The standard InChI is InChI=1S/C42H28N3OP/c1-2-39-44-35-17-10-18-37-42(35)45(39)36-24-23-29(25-38(36)47(37,46)30-11-4-3-5-12-30)41-33-15-8-6-13-31(33)40(32-14-7-9-16-34(32)41)28-21-19-27(26-43)20-22-28/h3-25H,2H2,1H3. The van der Waals surface area contributed by atoms with Crippen LogP contribution in [-0.4, -0.2) is 9.55 Å². The van der Waals surface area contributed by atoms with Crippen LogP contribution in [0.4, 0.5) is 0 Å². The van der Waals surface area contributed by atoms with Gasteiger partial charge in [-0.1, -0.05) is 110 Å². The number of aromatic nitrogens is 2. The van der Waals surface area contributed by atoms with Crippen LogP contribution in [0.1, 0.15) is 18.3 Å². The van der Waals surface area contributed by atoms with Crippen molar-refractivity contribution in [2.45, 2.75) is 13.3 Å². The number of rotatable bonds is 4. The Morgan fingerprint density at radius 3 is 1.87 bits per heavy atom. The lowest BCUT2D eigenvalue weighted by atomic mass is 9.86. The molecule has 222 valence electrons. The zero-order chi connectivity index (χ0) is 31.7. The lowest BCUT2D eigenvalue weighted by Gasteiger charge is -2.30. The first-order valence-electron chi connectivity index (χ1n) is 15.9. The number of nitriles is 1. The van der Waals surface area contributed by atoms with Crippen molar-refractivity contribution < 1.29 is 4.57 Å². The molecule has 0 amide bonds. The predicted molar refractivity (Wildman–Crippen MR) is 194 cm³/mol. The maximum absolute atomic E-state index is 15.9. The topological polar surface area (TPSA) is 58.7 Å². The first kappa shape index (κ1) is 27.6. The molecule has 2 heterocycles. The van der Waals surface area contributed by atoms with E-state index in [1.54, 1.807) is 0 Å². The average Bonchev–Trinajstić information content (AvgIpc) is 3.52. The average molecular weight is 622 g/mol. The van der Waals surface area contributed by atoms with Crippen molar-refractivity contribution in [3.05, 3.63) is 151 Å². The Hall–Kier alpha value is -5.75. The largest absolute Gasteiger partial charge is 0.308 e. The van der Waals surface area contributed by atoms with Crippen molar-refractivity contribution in [2.75, 3.05) is 0 Å². The summed E-state index contributed by atoms with van der Waals surface area (Å²) in [6, 6.07) is 49.6. The van der Waals surface area contributed by atoms with Crippen molar-refractivity contribution >= 4 is 55.6 Å². The number of hydrogen-bond donors (Lipinski definition) is 0. The van der Waals surface area contributed by atoms with Gasteiger partial charge in [-0.15, -0.1) is 0 Å². The molecule has 7 aromatic carbocycles. The molecule has 0 radical (unpaired) electrons. The molecule has 0 saturated heterocycles. The number of fused-ring (bicyclic) bond motifs is 4. The molecule has 0 aliphatic carbocycles. The van der Waals surface area contributed by atoms with Crippen LogP contribution in [0.5, 0.6) is 0 Å². The van der Waals surface area contributed by atoms with Gasteiger partial charge in [0.15, 0.2) is 7.14 Å². The molecule has 0 spiro atoms. The van der Waals surface area contributed by atoms with E-state index in [2.05, 4.69) is 84.3 Å². The van der Waals surface area contributed by atoms with E-state index in [-0.39, 0.29) is 0 Å². The first-order valence-corrected chi connectivity index (χ1v) is 17.6. The van der Waals surface area contributed by atoms with Crippen LogP contribution in [0.2, 0.25) is 0 Å². The molecule has 0 bridgehead atoms. The van der Waals surface area contributed by atoms with Gasteiger partial charge in [-0.25, -0.2) is 4.98 Å². The fourth-order valence-corrected chi connectivity index (χ4v) is 10.6. The smallest absolute Gasteiger partial charge is 0.175 e. The Bertz CT molecular complexity index is 2590. The number of imidazole rings is 1. The lowest BCUT2D eigenvalue weighted by molar-refractivity contribution is 0.592. The second-order valence-corrected chi connectivity index (χ2v) is 14.7. The highest BCUT2D eigenvalue weighted by Gasteiger charge is 2.40. The maximum atomic E-state index is 15.9. The number of benzene rings is 7. The van der Waals surface area contributed by atoms with Gasteiger partial charge in [0.1, 0.15) is 5.82 Å². The van der Waals surface area contributed by atoms with Crippen LogP contribution in [-0.2, 0) is 11.0 Å². The highest BCUT2D eigenvalue weighted by atomic mass is 31.2. The van der Waals surface area contributed by atoms with E-state index in [9.17, 15) is 5.26 Å².